The van der Waals surface area contributed by atoms with E-state index in [0.717, 1.165) is 43.7 Å². The monoisotopic (exact) mass is 362 g/mol. The average Bonchev–Trinajstić information content (AvgIpc) is 2.54. The quantitative estimate of drug-likeness (QED) is 0.807. The van der Waals surface area contributed by atoms with Crippen LogP contribution in [-0.2, 0) is 20.8 Å². The van der Waals surface area contributed by atoms with E-state index in [9.17, 15) is 9.59 Å². The summed E-state index contributed by atoms with van der Waals surface area (Å²) in [5.41, 5.74) is 1.32. The number of likely N-dealkylation sites (tertiary alicyclic amines) is 1. The van der Waals surface area contributed by atoms with Crippen LogP contribution in [0.15, 0.2) is 24.3 Å². The van der Waals surface area contributed by atoms with E-state index >= 15 is 0 Å². The molecule has 1 saturated heterocycles. The van der Waals surface area contributed by atoms with Gasteiger partial charge in [-0.1, -0.05) is 12.1 Å². The van der Waals surface area contributed by atoms with E-state index in [0.29, 0.717) is 6.61 Å². The normalized spacial score (nSPS) is 16.2. The van der Waals surface area contributed by atoms with Gasteiger partial charge >= 0.3 is 12.1 Å². The second-order valence-corrected chi connectivity index (χ2v) is 7.63. The molecule has 0 aromatic heterocycles. The van der Waals surface area contributed by atoms with Crippen molar-refractivity contribution in [2.75, 3.05) is 25.0 Å². The molecule has 1 N–H and O–H groups in total. The summed E-state index contributed by atoms with van der Waals surface area (Å²) >= 11 is 0. The van der Waals surface area contributed by atoms with Gasteiger partial charge in [-0.05, 0) is 71.3 Å². The van der Waals surface area contributed by atoms with Crippen molar-refractivity contribution in [3.8, 4) is 0 Å². The molecular weight excluding hydrogens is 332 g/mol. The lowest BCUT2D eigenvalue weighted by atomic mass is 9.96. The Morgan fingerprint density at radius 2 is 1.92 bits per heavy atom. The van der Waals surface area contributed by atoms with Crippen molar-refractivity contribution in [1.29, 1.82) is 0 Å². The third-order valence-corrected chi connectivity index (χ3v) is 4.19. The van der Waals surface area contributed by atoms with Gasteiger partial charge in [0.15, 0.2) is 0 Å². The summed E-state index contributed by atoms with van der Waals surface area (Å²) in [5.74, 6) is -0.0536. The molecule has 0 bridgehead atoms. The first-order valence-corrected chi connectivity index (χ1v) is 9.25. The maximum absolute atomic E-state index is 11.9. The van der Waals surface area contributed by atoms with E-state index < -0.39 is 11.7 Å². The smallest absolute Gasteiger partial charge is 0.412 e. The second kappa shape index (κ2) is 9.03. The van der Waals surface area contributed by atoms with Crippen LogP contribution in [-0.4, -0.2) is 42.3 Å². The molecule has 1 heterocycles. The second-order valence-electron chi connectivity index (χ2n) is 7.63. The predicted molar refractivity (Wildman–Crippen MR) is 101 cm³/mol. The highest BCUT2D eigenvalue weighted by molar-refractivity contribution is 5.84. The third kappa shape index (κ3) is 6.67. The number of ether oxygens (including phenoxy) is 2. The summed E-state index contributed by atoms with van der Waals surface area (Å²) in [6, 6.07) is 7.77. The van der Waals surface area contributed by atoms with E-state index in [-0.39, 0.29) is 11.9 Å². The number of carbonyl (C=O) groups excluding carboxylic acids is 2. The van der Waals surface area contributed by atoms with E-state index in [1.54, 1.807) is 0 Å². The number of piperidine rings is 1. The minimum Gasteiger partial charge on any atom is -0.466 e. The van der Waals surface area contributed by atoms with Crippen molar-refractivity contribution in [1.82, 2.24) is 4.90 Å². The van der Waals surface area contributed by atoms with Crippen molar-refractivity contribution >= 4 is 17.7 Å². The molecule has 26 heavy (non-hydrogen) atoms. The molecule has 1 aromatic carbocycles. The van der Waals surface area contributed by atoms with E-state index in [1.807, 2.05) is 52.0 Å². The summed E-state index contributed by atoms with van der Waals surface area (Å²) in [7, 11) is 0. The number of benzene rings is 1. The van der Waals surface area contributed by atoms with Crippen molar-refractivity contribution in [2.24, 2.45) is 5.92 Å². The van der Waals surface area contributed by atoms with Gasteiger partial charge in [0.25, 0.3) is 0 Å². The van der Waals surface area contributed by atoms with Crippen molar-refractivity contribution in [3.05, 3.63) is 29.8 Å². The van der Waals surface area contributed by atoms with Crippen LogP contribution in [0.4, 0.5) is 10.5 Å². The molecule has 1 aliphatic rings. The third-order valence-electron chi connectivity index (χ3n) is 4.19. The van der Waals surface area contributed by atoms with Crippen LogP contribution in [0.3, 0.4) is 0 Å². The lowest BCUT2D eigenvalue weighted by Crippen LogP contribution is -2.36. The van der Waals surface area contributed by atoms with Crippen molar-refractivity contribution in [2.45, 2.75) is 52.7 Å². The molecule has 0 aliphatic carbocycles. The van der Waals surface area contributed by atoms with E-state index in [2.05, 4.69) is 10.2 Å². The summed E-state index contributed by atoms with van der Waals surface area (Å²) in [6.07, 6.45) is 1.20. The number of nitrogens with one attached hydrogen (secondary N) is 1. The molecule has 1 aromatic rings. The van der Waals surface area contributed by atoms with Gasteiger partial charge in [0, 0.05) is 12.2 Å². The summed E-state index contributed by atoms with van der Waals surface area (Å²) in [5, 5.41) is 2.77. The van der Waals surface area contributed by atoms with Gasteiger partial charge in [0.2, 0.25) is 0 Å². The number of hydrogen-bond donors (Lipinski definition) is 1. The number of amides is 1. The first-order chi connectivity index (χ1) is 12.3. The molecule has 1 fully saturated rings. The van der Waals surface area contributed by atoms with Gasteiger partial charge in [-0.3, -0.25) is 15.0 Å². The molecule has 6 heteroatoms. The first kappa shape index (κ1) is 20.2. The van der Waals surface area contributed by atoms with Crippen LogP contribution < -0.4 is 5.32 Å². The lowest BCUT2D eigenvalue weighted by molar-refractivity contribution is -0.149. The molecule has 1 aliphatic heterocycles. The van der Waals surface area contributed by atoms with Gasteiger partial charge in [0.05, 0.1) is 12.5 Å². The van der Waals surface area contributed by atoms with E-state index in [4.69, 9.17) is 9.47 Å². The summed E-state index contributed by atoms with van der Waals surface area (Å²) < 4.78 is 10.4. The van der Waals surface area contributed by atoms with Gasteiger partial charge in [-0.25, -0.2) is 4.79 Å². The Kier molecular flexibility index (Phi) is 7.03. The Balaban J connectivity index is 1.85. The molecule has 1 amide bonds. The minimum atomic E-state index is -0.523. The maximum Gasteiger partial charge on any atom is 0.412 e. The molecule has 0 spiro atoms. The first-order valence-electron chi connectivity index (χ1n) is 9.25. The van der Waals surface area contributed by atoms with Crippen LogP contribution in [0.1, 0.15) is 46.1 Å². The topological polar surface area (TPSA) is 67.9 Å². The zero-order valence-corrected chi connectivity index (χ0v) is 16.2. The van der Waals surface area contributed by atoms with Crippen molar-refractivity contribution in [3.63, 3.8) is 0 Å². The van der Waals surface area contributed by atoms with Crippen LogP contribution in [0.5, 0.6) is 0 Å². The number of anilines is 1. The molecule has 0 radical (unpaired) electrons. The van der Waals surface area contributed by atoms with Crippen LogP contribution in [0, 0.1) is 5.92 Å². The summed E-state index contributed by atoms with van der Waals surface area (Å²) in [4.78, 5) is 26.0. The van der Waals surface area contributed by atoms with Gasteiger partial charge in [-0.15, -0.1) is 0 Å². The highest BCUT2D eigenvalue weighted by atomic mass is 16.6. The Bertz CT molecular complexity index is 616. The number of rotatable bonds is 5. The molecule has 144 valence electrons. The van der Waals surface area contributed by atoms with Crippen LogP contribution >= 0.6 is 0 Å². The number of hydrogen-bond acceptors (Lipinski definition) is 5. The molecule has 0 saturated carbocycles. The molecule has 2 rings (SSSR count). The number of carbonyl (C=O) groups is 2. The standard InChI is InChI=1S/C20H30N2O4/c1-5-25-18(23)16-9-11-22(12-10-16)14-15-7-6-8-17(13-15)21-19(24)26-20(2,3)4/h6-8,13,16H,5,9-12,14H2,1-4H3,(H,21,24). The van der Waals surface area contributed by atoms with Crippen molar-refractivity contribution < 1.29 is 19.1 Å². The minimum absolute atomic E-state index is 0.0198. The van der Waals surface area contributed by atoms with Gasteiger partial charge < -0.3 is 9.47 Å². The SMILES string of the molecule is CCOC(=O)C1CCN(Cc2cccc(NC(=O)OC(C)(C)C)c2)CC1. The Labute approximate surface area is 155 Å². The van der Waals surface area contributed by atoms with Crippen LogP contribution in [0.25, 0.3) is 0 Å². The fourth-order valence-electron chi connectivity index (χ4n) is 3.01. The van der Waals surface area contributed by atoms with Gasteiger partial charge in [0.1, 0.15) is 5.60 Å². The predicted octanol–water partition coefficient (Wildman–Crippen LogP) is 3.81. The zero-order chi connectivity index (χ0) is 19.2. The Morgan fingerprint density at radius 3 is 2.54 bits per heavy atom. The molecular formula is C20H30N2O4. The Hall–Kier alpha value is -2.08. The van der Waals surface area contributed by atoms with Gasteiger partial charge in [-0.2, -0.15) is 0 Å². The fraction of sp³-hybridized carbons (Fsp3) is 0.600. The highest BCUT2D eigenvalue weighted by Crippen LogP contribution is 2.21. The highest BCUT2D eigenvalue weighted by Gasteiger charge is 2.26. The van der Waals surface area contributed by atoms with E-state index in [1.165, 1.54) is 0 Å². The summed E-state index contributed by atoms with van der Waals surface area (Å²) in [6.45, 7) is 10.3. The maximum atomic E-state index is 11.9. The lowest BCUT2D eigenvalue weighted by Gasteiger charge is -2.30. The zero-order valence-electron chi connectivity index (χ0n) is 16.2. The fourth-order valence-corrected chi connectivity index (χ4v) is 3.01. The molecule has 0 atom stereocenters. The molecule has 6 nitrogen and oxygen atoms in total. The number of esters is 1. The Morgan fingerprint density at radius 1 is 1.23 bits per heavy atom. The largest absolute Gasteiger partial charge is 0.466 e. The molecule has 0 unspecified atom stereocenters. The van der Waals surface area contributed by atoms with Crippen LogP contribution in [0.2, 0.25) is 0 Å². The average molecular weight is 362 g/mol. The number of nitrogens with zero attached hydrogens (tertiary/aromatic N) is 1.